The number of carbonyl (C=O) groups is 1. The summed E-state index contributed by atoms with van der Waals surface area (Å²) in [5.41, 5.74) is 1.24. The SMILES string of the molecule is CCN(Cc1ccccc1)C(=O)C1CC2CCC1C2. The third-order valence-corrected chi connectivity index (χ3v) is 4.96. The van der Waals surface area contributed by atoms with Crippen LogP contribution in [0, 0.1) is 17.8 Å². The predicted octanol–water partition coefficient (Wildman–Crippen LogP) is 3.47. The lowest BCUT2D eigenvalue weighted by Crippen LogP contribution is -2.37. The summed E-state index contributed by atoms with van der Waals surface area (Å²) in [6, 6.07) is 10.3. The summed E-state index contributed by atoms with van der Waals surface area (Å²) in [7, 11) is 0. The molecule has 1 aromatic carbocycles. The van der Waals surface area contributed by atoms with Crippen molar-refractivity contribution in [1.29, 1.82) is 0 Å². The summed E-state index contributed by atoms with van der Waals surface area (Å²) >= 11 is 0. The largest absolute Gasteiger partial charge is 0.338 e. The van der Waals surface area contributed by atoms with E-state index in [1.807, 2.05) is 23.1 Å². The fourth-order valence-corrected chi connectivity index (χ4v) is 3.93. The minimum Gasteiger partial charge on any atom is -0.338 e. The van der Waals surface area contributed by atoms with Gasteiger partial charge >= 0.3 is 0 Å². The van der Waals surface area contributed by atoms with E-state index in [-0.39, 0.29) is 0 Å². The number of nitrogens with zero attached hydrogens (tertiary/aromatic N) is 1. The Morgan fingerprint density at radius 2 is 2.00 bits per heavy atom. The zero-order chi connectivity index (χ0) is 13.2. The Hall–Kier alpha value is -1.31. The van der Waals surface area contributed by atoms with Crippen LogP contribution in [0.5, 0.6) is 0 Å². The highest BCUT2D eigenvalue weighted by molar-refractivity contribution is 5.79. The average Bonchev–Trinajstić information content (AvgIpc) is 3.08. The molecule has 2 fully saturated rings. The maximum atomic E-state index is 12.7. The number of carbonyl (C=O) groups excluding carboxylic acids is 1. The molecule has 2 bridgehead atoms. The number of hydrogen-bond donors (Lipinski definition) is 0. The highest BCUT2D eigenvalue weighted by atomic mass is 16.2. The first-order chi connectivity index (χ1) is 9.28. The standard InChI is InChI=1S/C17H23NO/c1-2-18(12-13-6-4-3-5-7-13)17(19)16-11-14-8-9-15(16)10-14/h3-7,14-16H,2,8-12H2,1H3. The van der Waals surface area contributed by atoms with Crippen molar-refractivity contribution >= 4 is 5.91 Å². The monoisotopic (exact) mass is 257 g/mol. The molecule has 2 heteroatoms. The van der Waals surface area contributed by atoms with Gasteiger partial charge in [-0.25, -0.2) is 0 Å². The molecule has 2 nitrogen and oxygen atoms in total. The van der Waals surface area contributed by atoms with Crippen LogP contribution in [0.3, 0.4) is 0 Å². The fourth-order valence-electron chi connectivity index (χ4n) is 3.93. The molecule has 0 saturated heterocycles. The zero-order valence-corrected chi connectivity index (χ0v) is 11.7. The van der Waals surface area contributed by atoms with Crippen molar-refractivity contribution in [2.75, 3.05) is 6.54 Å². The van der Waals surface area contributed by atoms with Gasteiger partial charge in [0.2, 0.25) is 5.91 Å². The van der Waals surface area contributed by atoms with Crippen LogP contribution in [0.2, 0.25) is 0 Å². The molecule has 0 spiro atoms. The lowest BCUT2D eigenvalue weighted by molar-refractivity contribution is -0.137. The predicted molar refractivity (Wildman–Crippen MR) is 76.5 cm³/mol. The summed E-state index contributed by atoms with van der Waals surface area (Å²) in [5.74, 6) is 2.25. The Labute approximate surface area is 115 Å². The number of rotatable bonds is 4. The molecule has 2 saturated carbocycles. The van der Waals surface area contributed by atoms with E-state index in [1.165, 1.54) is 24.8 Å². The first kappa shape index (κ1) is 12.7. The highest BCUT2D eigenvalue weighted by Gasteiger charge is 2.44. The third-order valence-electron chi connectivity index (χ3n) is 4.96. The molecule has 1 amide bonds. The van der Waals surface area contributed by atoms with Crippen molar-refractivity contribution in [3.05, 3.63) is 35.9 Å². The lowest BCUT2D eigenvalue weighted by atomic mass is 9.87. The van der Waals surface area contributed by atoms with E-state index >= 15 is 0 Å². The van der Waals surface area contributed by atoms with Crippen LogP contribution >= 0.6 is 0 Å². The Morgan fingerprint density at radius 3 is 2.58 bits per heavy atom. The van der Waals surface area contributed by atoms with Crippen LogP contribution in [-0.4, -0.2) is 17.4 Å². The highest BCUT2D eigenvalue weighted by Crippen LogP contribution is 2.48. The van der Waals surface area contributed by atoms with E-state index in [0.29, 0.717) is 17.7 Å². The van der Waals surface area contributed by atoms with Crippen molar-refractivity contribution < 1.29 is 4.79 Å². The van der Waals surface area contributed by atoms with Crippen molar-refractivity contribution in [3.8, 4) is 0 Å². The van der Waals surface area contributed by atoms with Gasteiger partial charge < -0.3 is 4.90 Å². The molecule has 3 rings (SSSR count). The van der Waals surface area contributed by atoms with Crippen LogP contribution in [0.15, 0.2) is 30.3 Å². The Balaban J connectivity index is 1.67. The molecule has 0 N–H and O–H groups in total. The van der Waals surface area contributed by atoms with E-state index < -0.39 is 0 Å². The molecular formula is C17H23NO. The fraction of sp³-hybridized carbons (Fsp3) is 0.588. The Morgan fingerprint density at radius 1 is 1.21 bits per heavy atom. The van der Waals surface area contributed by atoms with Gasteiger partial charge in [-0.15, -0.1) is 0 Å². The second-order valence-corrected chi connectivity index (χ2v) is 6.12. The van der Waals surface area contributed by atoms with Gasteiger partial charge in [-0.1, -0.05) is 36.8 Å². The molecule has 3 atom stereocenters. The van der Waals surface area contributed by atoms with Gasteiger partial charge in [0, 0.05) is 19.0 Å². The lowest BCUT2D eigenvalue weighted by Gasteiger charge is -2.28. The number of amides is 1. The molecule has 2 aliphatic rings. The molecule has 0 aliphatic heterocycles. The summed E-state index contributed by atoms with van der Waals surface area (Å²) in [6.07, 6.45) is 5.09. The van der Waals surface area contributed by atoms with Crippen LogP contribution < -0.4 is 0 Å². The minimum atomic E-state index is 0.322. The van der Waals surface area contributed by atoms with Gasteiger partial charge in [-0.05, 0) is 43.6 Å². The van der Waals surface area contributed by atoms with E-state index in [4.69, 9.17) is 0 Å². The van der Waals surface area contributed by atoms with Crippen LogP contribution in [0.1, 0.15) is 38.2 Å². The molecular weight excluding hydrogens is 234 g/mol. The first-order valence-corrected chi connectivity index (χ1v) is 7.60. The molecule has 0 aromatic heterocycles. The molecule has 3 unspecified atom stereocenters. The topological polar surface area (TPSA) is 20.3 Å². The van der Waals surface area contributed by atoms with Crippen LogP contribution in [-0.2, 0) is 11.3 Å². The molecule has 0 radical (unpaired) electrons. The Bertz CT molecular complexity index is 442. The van der Waals surface area contributed by atoms with Gasteiger partial charge in [-0.2, -0.15) is 0 Å². The summed E-state index contributed by atoms with van der Waals surface area (Å²) in [5, 5.41) is 0. The van der Waals surface area contributed by atoms with Crippen LogP contribution in [0.4, 0.5) is 0 Å². The maximum Gasteiger partial charge on any atom is 0.226 e. The quantitative estimate of drug-likeness (QED) is 0.808. The number of fused-ring (bicyclic) bond motifs is 2. The average molecular weight is 257 g/mol. The number of benzene rings is 1. The smallest absolute Gasteiger partial charge is 0.226 e. The second-order valence-electron chi connectivity index (χ2n) is 6.12. The van der Waals surface area contributed by atoms with Gasteiger partial charge in [0.25, 0.3) is 0 Å². The molecule has 19 heavy (non-hydrogen) atoms. The maximum absolute atomic E-state index is 12.7. The van der Waals surface area contributed by atoms with Crippen molar-refractivity contribution in [2.24, 2.45) is 17.8 Å². The third kappa shape index (κ3) is 2.54. The minimum absolute atomic E-state index is 0.322. The van der Waals surface area contributed by atoms with E-state index in [2.05, 4.69) is 19.1 Å². The first-order valence-electron chi connectivity index (χ1n) is 7.60. The van der Waals surface area contributed by atoms with Gasteiger partial charge in [0.1, 0.15) is 0 Å². The molecule has 2 aliphatic carbocycles. The van der Waals surface area contributed by atoms with Crippen LogP contribution in [0.25, 0.3) is 0 Å². The summed E-state index contributed by atoms with van der Waals surface area (Å²) in [4.78, 5) is 14.7. The summed E-state index contributed by atoms with van der Waals surface area (Å²) in [6.45, 7) is 3.68. The van der Waals surface area contributed by atoms with E-state index in [0.717, 1.165) is 25.4 Å². The normalized spacial score (nSPS) is 28.6. The van der Waals surface area contributed by atoms with E-state index in [1.54, 1.807) is 0 Å². The van der Waals surface area contributed by atoms with Gasteiger partial charge in [-0.3, -0.25) is 4.79 Å². The molecule has 1 aromatic rings. The van der Waals surface area contributed by atoms with E-state index in [9.17, 15) is 4.79 Å². The molecule has 0 heterocycles. The second kappa shape index (κ2) is 5.36. The van der Waals surface area contributed by atoms with Gasteiger partial charge in [0.05, 0.1) is 0 Å². The Kier molecular flexibility index (Phi) is 3.58. The van der Waals surface area contributed by atoms with Crippen molar-refractivity contribution in [3.63, 3.8) is 0 Å². The van der Waals surface area contributed by atoms with Gasteiger partial charge in [0.15, 0.2) is 0 Å². The van der Waals surface area contributed by atoms with Crippen molar-refractivity contribution in [1.82, 2.24) is 4.90 Å². The number of hydrogen-bond acceptors (Lipinski definition) is 1. The summed E-state index contributed by atoms with van der Waals surface area (Å²) < 4.78 is 0. The zero-order valence-electron chi connectivity index (χ0n) is 11.7. The van der Waals surface area contributed by atoms with Crippen molar-refractivity contribution in [2.45, 2.75) is 39.2 Å². The molecule has 102 valence electrons.